The molecule has 1 aromatic rings. The number of carbonyl (C=O) groups excluding carboxylic acids is 2. The van der Waals surface area contributed by atoms with Crippen LogP contribution >= 0.6 is 11.6 Å². The topological polar surface area (TPSA) is 80.8 Å². The van der Waals surface area contributed by atoms with Gasteiger partial charge in [0.1, 0.15) is 0 Å². The van der Waals surface area contributed by atoms with E-state index in [0.717, 1.165) is 5.56 Å². The molecule has 0 bridgehead atoms. The number of halogens is 1. The van der Waals surface area contributed by atoms with Gasteiger partial charge in [0, 0.05) is 23.7 Å². The minimum Gasteiger partial charge on any atom is -0.452 e. The van der Waals surface area contributed by atoms with Crippen LogP contribution in [0.4, 0.5) is 0 Å². The molecule has 6 nitrogen and oxygen atoms in total. The molecule has 0 radical (unpaired) electrons. The van der Waals surface area contributed by atoms with Crippen molar-refractivity contribution >= 4 is 39.4 Å². The van der Waals surface area contributed by atoms with E-state index in [9.17, 15) is 18.0 Å². The van der Waals surface area contributed by atoms with Gasteiger partial charge in [-0.05, 0) is 37.1 Å². The van der Waals surface area contributed by atoms with E-state index in [-0.39, 0.29) is 17.5 Å². The minimum atomic E-state index is -3.08. The Balaban J connectivity index is 1.86. The van der Waals surface area contributed by atoms with Crippen LogP contribution in [0.1, 0.15) is 18.9 Å². The monoisotopic (exact) mass is 385 g/mol. The first-order valence-electron chi connectivity index (χ1n) is 7.91. The number of nitrogens with zero attached hydrogens (tertiary/aromatic N) is 1. The Bertz CT molecular complexity index is 775. The number of amides is 1. The average Bonchev–Trinajstić information content (AvgIpc) is 2.91. The van der Waals surface area contributed by atoms with Crippen LogP contribution in [0, 0.1) is 0 Å². The quantitative estimate of drug-likeness (QED) is 0.552. The van der Waals surface area contributed by atoms with Crippen LogP contribution in [0.2, 0.25) is 5.02 Å². The molecule has 0 unspecified atom stereocenters. The van der Waals surface area contributed by atoms with E-state index in [1.54, 1.807) is 37.3 Å². The van der Waals surface area contributed by atoms with Gasteiger partial charge in [-0.2, -0.15) is 0 Å². The second-order valence-corrected chi connectivity index (χ2v) is 8.40. The fourth-order valence-corrected chi connectivity index (χ4v) is 4.63. The standard InChI is InChI=1S/C17H20ClNO5S/c1-2-19(15-8-9-25(22,23)12-15)16(20)11-24-17(21)7-6-13-4-3-5-14(18)10-13/h3-7,10,15H,2,8-9,11-12H2,1H3/b7-6+/t15-/m1/s1. The minimum absolute atomic E-state index is 0.0325. The van der Waals surface area contributed by atoms with Crippen LogP contribution in [-0.4, -0.2) is 55.9 Å². The Hall–Kier alpha value is -1.86. The number of hydrogen-bond acceptors (Lipinski definition) is 5. The lowest BCUT2D eigenvalue weighted by molar-refractivity contribution is -0.149. The van der Waals surface area contributed by atoms with Gasteiger partial charge in [0.05, 0.1) is 11.5 Å². The van der Waals surface area contributed by atoms with Crippen LogP contribution in [-0.2, 0) is 24.2 Å². The molecule has 1 atom stereocenters. The predicted octanol–water partition coefficient (Wildman–Crippen LogP) is 1.93. The summed E-state index contributed by atoms with van der Waals surface area (Å²) in [4.78, 5) is 25.4. The van der Waals surface area contributed by atoms with Gasteiger partial charge in [0.2, 0.25) is 0 Å². The number of sulfone groups is 1. The van der Waals surface area contributed by atoms with Crippen molar-refractivity contribution in [3.8, 4) is 0 Å². The molecule has 0 spiro atoms. The molecule has 0 saturated carbocycles. The van der Waals surface area contributed by atoms with Crippen LogP contribution in [0.15, 0.2) is 30.3 Å². The van der Waals surface area contributed by atoms with Crippen molar-refractivity contribution in [2.45, 2.75) is 19.4 Å². The molecule has 1 fully saturated rings. The Kier molecular flexibility index (Phi) is 6.61. The van der Waals surface area contributed by atoms with Crippen LogP contribution in [0.25, 0.3) is 6.08 Å². The summed E-state index contributed by atoms with van der Waals surface area (Å²) >= 11 is 5.85. The molecule has 1 amide bonds. The van der Waals surface area contributed by atoms with Gasteiger partial charge in [-0.3, -0.25) is 4.79 Å². The second kappa shape index (κ2) is 8.49. The number of hydrogen-bond donors (Lipinski definition) is 0. The highest BCUT2D eigenvalue weighted by Crippen LogP contribution is 2.18. The number of benzene rings is 1. The van der Waals surface area contributed by atoms with Crippen LogP contribution < -0.4 is 0 Å². The Labute approximate surface area is 152 Å². The third kappa shape index (κ3) is 5.86. The summed E-state index contributed by atoms with van der Waals surface area (Å²) in [5.74, 6) is -0.990. The fraction of sp³-hybridized carbons (Fsp3) is 0.412. The lowest BCUT2D eigenvalue weighted by atomic mass is 10.2. The zero-order valence-corrected chi connectivity index (χ0v) is 15.4. The Morgan fingerprint density at radius 3 is 2.76 bits per heavy atom. The first-order chi connectivity index (χ1) is 11.8. The molecular formula is C17H20ClNO5S. The summed E-state index contributed by atoms with van der Waals surface area (Å²) in [5, 5.41) is 0.552. The highest BCUT2D eigenvalue weighted by atomic mass is 35.5. The fourth-order valence-electron chi connectivity index (χ4n) is 2.70. The summed E-state index contributed by atoms with van der Waals surface area (Å²) in [6.07, 6.45) is 3.18. The highest BCUT2D eigenvalue weighted by molar-refractivity contribution is 7.91. The predicted molar refractivity (Wildman–Crippen MR) is 95.9 cm³/mol. The smallest absolute Gasteiger partial charge is 0.331 e. The lowest BCUT2D eigenvalue weighted by Crippen LogP contribution is -2.43. The molecule has 1 saturated heterocycles. The molecule has 136 valence electrons. The molecule has 0 aliphatic carbocycles. The zero-order valence-electron chi connectivity index (χ0n) is 13.9. The van der Waals surface area contributed by atoms with E-state index >= 15 is 0 Å². The van der Waals surface area contributed by atoms with E-state index in [4.69, 9.17) is 16.3 Å². The van der Waals surface area contributed by atoms with Gasteiger partial charge in [0.25, 0.3) is 5.91 Å². The normalized spacial score (nSPS) is 19.0. The number of ether oxygens (including phenoxy) is 1. The molecule has 0 aromatic heterocycles. The van der Waals surface area contributed by atoms with Gasteiger partial charge in [0.15, 0.2) is 16.4 Å². The summed E-state index contributed by atoms with van der Waals surface area (Å²) < 4.78 is 28.1. The Morgan fingerprint density at radius 1 is 1.40 bits per heavy atom. The van der Waals surface area contributed by atoms with Crippen molar-refractivity contribution in [3.63, 3.8) is 0 Å². The molecule has 0 N–H and O–H groups in total. The molecule has 1 heterocycles. The molecule has 1 aromatic carbocycles. The van der Waals surface area contributed by atoms with Gasteiger partial charge in [-0.1, -0.05) is 23.7 Å². The molecule has 1 aliphatic heterocycles. The third-order valence-electron chi connectivity index (χ3n) is 3.91. The van der Waals surface area contributed by atoms with E-state index < -0.39 is 28.3 Å². The first kappa shape index (κ1) is 19.5. The first-order valence-corrected chi connectivity index (χ1v) is 10.1. The molecule has 25 heavy (non-hydrogen) atoms. The largest absolute Gasteiger partial charge is 0.452 e. The van der Waals surface area contributed by atoms with E-state index in [1.807, 2.05) is 0 Å². The summed E-state index contributed by atoms with van der Waals surface area (Å²) in [6, 6.07) is 6.60. The van der Waals surface area contributed by atoms with Crippen molar-refractivity contribution in [2.75, 3.05) is 24.7 Å². The van der Waals surface area contributed by atoms with Crippen molar-refractivity contribution in [3.05, 3.63) is 40.9 Å². The average molecular weight is 386 g/mol. The van der Waals surface area contributed by atoms with Crippen molar-refractivity contribution in [2.24, 2.45) is 0 Å². The second-order valence-electron chi connectivity index (χ2n) is 5.73. The number of carbonyl (C=O) groups is 2. The third-order valence-corrected chi connectivity index (χ3v) is 5.89. The number of likely N-dealkylation sites (N-methyl/N-ethyl adjacent to an activating group) is 1. The summed E-state index contributed by atoms with van der Waals surface area (Å²) in [7, 11) is -3.08. The van der Waals surface area contributed by atoms with Crippen LogP contribution in [0.5, 0.6) is 0 Å². The number of esters is 1. The molecule has 8 heteroatoms. The molecule has 1 aliphatic rings. The van der Waals surface area contributed by atoms with Gasteiger partial charge >= 0.3 is 5.97 Å². The van der Waals surface area contributed by atoms with E-state index in [2.05, 4.69) is 0 Å². The maximum absolute atomic E-state index is 12.2. The van der Waals surface area contributed by atoms with Gasteiger partial charge < -0.3 is 9.64 Å². The van der Waals surface area contributed by atoms with Crippen molar-refractivity contribution in [1.29, 1.82) is 0 Å². The van der Waals surface area contributed by atoms with Crippen molar-refractivity contribution < 1.29 is 22.7 Å². The molecule has 2 rings (SSSR count). The molecular weight excluding hydrogens is 366 g/mol. The number of rotatable bonds is 6. The summed E-state index contributed by atoms with van der Waals surface area (Å²) in [5.41, 5.74) is 0.738. The van der Waals surface area contributed by atoms with Gasteiger partial charge in [-0.25, -0.2) is 13.2 Å². The van der Waals surface area contributed by atoms with E-state index in [1.165, 1.54) is 11.0 Å². The SMILES string of the molecule is CCN(C(=O)COC(=O)/C=C/c1cccc(Cl)c1)[C@@H]1CCS(=O)(=O)C1. The lowest BCUT2D eigenvalue weighted by Gasteiger charge is -2.26. The van der Waals surface area contributed by atoms with Gasteiger partial charge in [-0.15, -0.1) is 0 Å². The van der Waals surface area contributed by atoms with Crippen LogP contribution in [0.3, 0.4) is 0 Å². The maximum Gasteiger partial charge on any atom is 0.331 e. The van der Waals surface area contributed by atoms with E-state index in [0.29, 0.717) is 18.0 Å². The maximum atomic E-state index is 12.2. The highest BCUT2D eigenvalue weighted by Gasteiger charge is 2.34. The summed E-state index contributed by atoms with van der Waals surface area (Å²) in [6.45, 7) is 1.72. The zero-order chi connectivity index (χ0) is 18.4. The Morgan fingerprint density at radius 2 is 2.16 bits per heavy atom. The van der Waals surface area contributed by atoms with Crippen molar-refractivity contribution in [1.82, 2.24) is 4.90 Å².